The SMILES string of the molecule is COCCNC(=O)[C@H]1CCCN(C2CCN(C(=O)CCn3cccc3)CC2)C1. The first kappa shape index (κ1) is 20.9. The number of rotatable bonds is 8. The maximum Gasteiger partial charge on any atom is 0.224 e. The molecule has 2 aliphatic rings. The molecule has 1 N–H and O–H groups in total. The van der Waals surface area contributed by atoms with Crippen LogP contribution in [0.3, 0.4) is 0 Å². The van der Waals surface area contributed by atoms with Crippen LogP contribution in [0.5, 0.6) is 0 Å². The highest BCUT2D eigenvalue weighted by atomic mass is 16.5. The first-order chi connectivity index (χ1) is 13.7. The van der Waals surface area contributed by atoms with Gasteiger partial charge in [0.1, 0.15) is 0 Å². The van der Waals surface area contributed by atoms with Gasteiger partial charge < -0.3 is 19.5 Å². The molecule has 2 saturated heterocycles. The minimum Gasteiger partial charge on any atom is -0.383 e. The van der Waals surface area contributed by atoms with E-state index in [9.17, 15) is 9.59 Å². The maximum absolute atomic E-state index is 12.5. The Labute approximate surface area is 168 Å². The Balaban J connectivity index is 1.40. The van der Waals surface area contributed by atoms with Crippen molar-refractivity contribution < 1.29 is 14.3 Å². The number of nitrogens with one attached hydrogen (secondary N) is 1. The summed E-state index contributed by atoms with van der Waals surface area (Å²) in [5.41, 5.74) is 0. The number of ether oxygens (including phenoxy) is 1. The molecule has 7 nitrogen and oxygen atoms in total. The largest absolute Gasteiger partial charge is 0.383 e. The van der Waals surface area contributed by atoms with E-state index in [0.717, 1.165) is 58.4 Å². The van der Waals surface area contributed by atoms with E-state index in [1.807, 2.05) is 29.4 Å². The third-order valence-corrected chi connectivity index (χ3v) is 6.01. The smallest absolute Gasteiger partial charge is 0.224 e. The van der Waals surface area contributed by atoms with Crippen LogP contribution in [-0.2, 0) is 20.9 Å². The van der Waals surface area contributed by atoms with Crippen molar-refractivity contribution in [2.45, 2.75) is 44.7 Å². The van der Waals surface area contributed by atoms with Crippen molar-refractivity contribution in [3.8, 4) is 0 Å². The van der Waals surface area contributed by atoms with Crippen molar-refractivity contribution in [1.82, 2.24) is 19.7 Å². The van der Waals surface area contributed by atoms with Gasteiger partial charge in [0.15, 0.2) is 0 Å². The molecule has 28 heavy (non-hydrogen) atoms. The molecule has 156 valence electrons. The number of aromatic nitrogens is 1. The van der Waals surface area contributed by atoms with Gasteiger partial charge in [-0.1, -0.05) is 0 Å². The van der Waals surface area contributed by atoms with Gasteiger partial charge in [0.2, 0.25) is 11.8 Å². The minimum atomic E-state index is 0.0758. The van der Waals surface area contributed by atoms with E-state index in [1.54, 1.807) is 7.11 Å². The van der Waals surface area contributed by atoms with Crippen molar-refractivity contribution in [3.63, 3.8) is 0 Å². The van der Waals surface area contributed by atoms with Crippen LogP contribution in [0, 0.1) is 5.92 Å². The van der Waals surface area contributed by atoms with Gasteiger partial charge in [0, 0.05) is 64.7 Å². The van der Waals surface area contributed by atoms with Crippen LogP contribution in [-0.4, -0.2) is 78.7 Å². The molecule has 1 aromatic rings. The molecule has 0 unspecified atom stereocenters. The summed E-state index contributed by atoms with van der Waals surface area (Å²) in [4.78, 5) is 29.3. The van der Waals surface area contributed by atoms with Gasteiger partial charge in [-0.3, -0.25) is 14.5 Å². The fourth-order valence-corrected chi connectivity index (χ4v) is 4.36. The number of aryl methyl sites for hydroxylation is 1. The van der Waals surface area contributed by atoms with Crippen LogP contribution in [0.1, 0.15) is 32.1 Å². The molecular formula is C21H34N4O3. The molecule has 0 saturated carbocycles. The Bertz CT molecular complexity index is 611. The predicted molar refractivity (Wildman–Crippen MR) is 108 cm³/mol. The first-order valence-corrected chi connectivity index (χ1v) is 10.6. The second-order valence-electron chi connectivity index (χ2n) is 7.90. The Morgan fingerprint density at radius 3 is 2.57 bits per heavy atom. The van der Waals surface area contributed by atoms with Crippen LogP contribution >= 0.6 is 0 Å². The van der Waals surface area contributed by atoms with Gasteiger partial charge in [0.25, 0.3) is 0 Å². The van der Waals surface area contributed by atoms with Gasteiger partial charge in [-0.15, -0.1) is 0 Å². The monoisotopic (exact) mass is 390 g/mol. The summed E-state index contributed by atoms with van der Waals surface area (Å²) < 4.78 is 7.06. The molecule has 3 heterocycles. The first-order valence-electron chi connectivity index (χ1n) is 10.6. The summed E-state index contributed by atoms with van der Waals surface area (Å²) >= 11 is 0. The average molecular weight is 391 g/mol. The summed E-state index contributed by atoms with van der Waals surface area (Å²) in [7, 11) is 1.64. The lowest BCUT2D eigenvalue weighted by Gasteiger charge is -2.42. The molecular weight excluding hydrogens is 356 g/mol. The lowest BCUT2D eigenvalue weighted by atomic mass is 9.93. The van der Waals surface area contributed by atoms with Gasteiger partial charge in [-0.25, -0.2) is 0 Å². The number of amides is 2. The highest BCUT2D eigenvalue weighted by Gasteiger charge is 2.32. The van der Waals surface area contributed by atoms with Crippen molar-refractivity contribution >= 4 is 11.8 Å². The van der Waals surface area contributed by atoms with E-state index >= 15 is 0 Å². The summed E-state index contributed by atoms with van der Waals surface area (Å²) in [5.74, 6) is 0.479. The van der Waals surface area contributed by atoms with Gasteiger partial charge >= 0.3 is 0 Å². The highest BCUT2D eigenvalue weighted by molar-refractivity contribution is 5.79. The Morgan fingerprint density at radius 1 is 1.11 bits per heavy atom. The standard InChI is InChI=1S/C21H34N4O3/c1-28-16-9-22-21(27)18-5-4-12-25(17-18)19-6-14-24(15-7-19)20(26)8-13-23-10-2-3-11-23/h2-3,10-11,18-19H,4-9,12-17H2,1H3,(H,22,27)/t18-/m0/s1. The molecule has 0 spiro atoms. The molecule has 3 rings (SSSR count). The topological polar surface area (TPSA) is 66.8 Å². The third-order valence-electron chi connectivity index (χ3n) is 6.01. The molecule has 0 bridgehead atoms. The molecule has 0 aromatic carbocycles. The summed E-state index contributed by atoms with van der Waals surface area (Å²) in [6.07, 6.45) is 8.60. The molecule has 7 heteroatoms. The second kappa shape index (κ2) is 10.6. The maximum atomic E-state index is 12.5. The predicted octanol–water partition coefficient (Wildman–Crippen LogP) is 1.34. The number of hydrogen-bond acceptors (Lipinski definition) is 4. The molecule has 2 aliphatic heterocycles. The molecule has 1 aromatic heterocycles. The number of nitrogens with zero attached hydrogens (tertiary/aromatic N) is 3. The van der Waals surface area contributed by atoms with E-state index < -0.39 is 0 Å². The zero-order chi connectivity index (χ0) is 19.8. The lowest BCUT2D eigenvalue weighted by Crippen LogP contribution is -2.51. The molecule has 1 atom stereocenters. The van der Waals surface area contributed by atoms with E-state index in [4.69, 9.17) is 4.74 Å². The van der Waals surface area contributed by atoms with Crippen molar-refractivity contribution in [2.24, 2.45) is 5.92 Å². The van der Waals surface area contributed by atoms with Crippen LogP contribution in [0.15, 0.2) is 24.5 Å². The van der Waals surface area contributed by atoms with Crippen LogP contribution in [0.4, 0.5) is 0 Å². The number of piperidine rings is 2. The zero-order valence-corrected chi connectivity index (χ0v) is 17.0. The Hall–Kier alpha value is -1.86. The van der Waals surface area contributed by atoms with E-state index in [-0.39, 0.29) is 17.7 Å². The number of carbonyl (C=O) groups is 2. The number of hydrogen-bond donors (Lipinski definition) is 1. The van der Waals surface area contributed by atoms with Crippen LogP contribution in [0.25, 0.3) is 0 Å². The highest BCUT2D eigenvalue weighted by Crippen LogP contribution is 2.24. The number of methoxy groups -OCH3 is 1. The Kier molecular flexibility index (Phi) is 7.91. The van der Waals surface area contributed by atoms with Crippen molar-refractivity contribution in [3.05, 3.63) is 24.5 Å². The van der Waals surface area contributed by atoms with Crippen molar-refractivity contribution in [2.75, 3.05) is 46.4 Å². The fraction of sp³-hybridized carbons (Fsp3) is 0.714. The average Bonchev–Trinajstić information content (AvgIpc) is 3.26. The Morgan fingerprint density at radius 2 is 1.86 bits per heavy atom. The van der Waals surface area contributed by atoms with Gasteiger partial charge in [0.05, 0.1) is 12.5 Å². The quantitative estimate of drug-likeness (QED) is 0.681. The fourth-order valence-electron chi connectivity index (χ4n) is 4.36. The summed E-state index contributed by atoms with van der Waals surface area (Å²) in [5, 5.41) is 2.98. The summed E-state index contributed by atoms with van der Waals surface area (Å²) in [6, 6.07) is 4.46. The molecule has 2 amide bonds. The van der Waals surface area contributed by atoms with Gasteiger partial charge in [-0.2, -0.15) is 0 Å². The van der Waals surface area contributed by atoms with Crippen LogP contribution < -0.4 is 5.32 Å². The van der Waals surface area contributed by atoms with E-state index in [0.29, 0.717) is 25.6 Å². The number of likely N-dealkylation sites (tertiary alicyclic amines) is 2. The van der Waals surface area contributed by atoms with Crippen LogP contribution in [0.2, 0.25) is 0 Å². The van der Waals surface area contributed by atoms with E-state index in [2.05, 4.69) is 14.8 Å². The van der Waals surface area contributed by atoms with E-state index in [1.165, 1.54) is 0 Å². The lowest BCUT2D eigenvalue weighted by molar-refractivity contribution is -0.133. The minimum absolute atomic E-state index is 0.0758. The zero-order valence-electron chi connectivity index (χ0n) is 17.0. The molecule has 0 aliphatic carbocycles. The molecule has 0 radical (unpaired) electrons. The third kappa shape index (κ3) is 5.82. The normalized spacial score (nSPS) is 21.6. The van der Waals surface area contributed by atoms with Crippen molar-refractivity contribution in [1.29, 1.82) is 0 Å². The number of carbonyl (C=O) groups excluding carboxylic acids is 2. The summed E-state index contributed by atoms with van der Waals surface area (Å²) in [6.45, 7) is 5.44. The second-order valence-corrected chi connectivity index (χ2v) is 7.90. The molecule has 2 fully saturated rings. The van der Waals surface area contributed by atoms with Gasteiger partial charge in [-0.05, 0) is 44.4 Å².